The van der Waals surface area contributed by atoms with Crippen molar-refractivity contribution in [3.05, 3.63) is 58.7 Å². The van der Waals surface area contributed by atoms with Gasteiger partial charge in [-0.15, -0.1) is 0 Å². The van der Waals surface area contributed by atoms with Gasteiger partial charge in [0, 0.05) is 21.6 Å². The number of carbonyl (C=O) groups excluding carboxylic acids is 2. The summed E-state index contributed by atoms with van der Waals surface area (Å²) in [6.07, 6.45) is 3.12. The maximum absolute atomic E-state index is 14.0. The number of halogens is 1. The number of nitrogens with one attached hydrogen (secondary N) is 1. The molecule has 5 atom stereocenters. The van der Waals surface area contributed by atoms with E-state index in [1.165, 1.54) is 10.5 Å². The summed E-state index contributed by atoms with van der Waals surface area (Å²) in [4.78, 5) is 33.0. The third kappa shape index (κ3) is 3.35. The third-order valence-corrected chi connectivity index (χ3v) is 9.02. The van der Waals surface area contributed by atoms with Crippen LogP contribution < -0.4 is 9.64 Å². The maximum atomic E-state index is 14.0. The van der Waals surface area contributed by atoms with Crippen LogP contribution in [0.5, 0.6) is 5.75 Å². The molecule has 0 bridgehead atoms. The minimum absolute atomic E-state index is 0.0722. The van der Waals surface area contributed by atoms with E-state index in [0.29, 0.717) is 22.4 Å². The van der Waals surface area contributed by atoms with Gasteiger partial charge in [-0.25, -0.2) is 4.90 Å². The van der Waals surface area contributed by atoms with Crippen molar-refractivity contribution in [3.63, 3.8) is 0 Å². The molecule has 2 aliphatic carbocycles. The van der Waals surface area contributed by atoms with E-state index in [0.717, 1.165) is 35.9 Å². The Labute approximate surface area is 210 Å². The van der Waals surface area contributed by atoms with Crippen molar-refractivity contribution in [1.29, 1.82) is 0 Å². The summed E-state index contributed by atoms with van der Waals surface area (Å²) in [6, 6.07) is 13.1. The Kier molecular flexibility index (Phi) is 5.09. The van der Waals surface area contributed by atoms with Crippen molar-refractivity contribution in [3.8, 4) is 5.75 Å². The van der Waals surface area contributed by atoms with Crippen molar-refractivity contribution in [2.45, 2.75) is 51.9 Å². The highest BCUT2D eigenvalue weighted by molar-refractivity contribution is 6.31. The molecule has 3 aliphatic rings. The molecule has 1 saturated carbocycles. The van der Waals surface area contributed by atoms with E-state index in [-0.39, 0.29) is 35.0 Å². The van der Waals surface area contributed by atoms with Gasteiger partial charge in [-0.2, -0.15) is 0 Å². The number of nitrogens with zero attached hydrogens (tertiary/aromatic N) is 1. The molecule has 2 heterocycles. The second-order valence-corrected chi connectivity index (χ2v) is 11.9. The Morgan fingerprint density at radius 1 is 1.03 bits per heavy atom. The molecule has 1 N–H and O–H groups in total. The molecule has 3 aromatic rings. The maximum Gasteiger partial charge on any atom is 0.243 e. The zero-order valence-corrected chi connectivity index (χ0v) is 21.4. The van der Waals surface area contributed by atoms with Crippen molar-refractivity contribution in [2.24, 2.45) is 23.2 Å². The largest absolute Gasteiger partial charge is 0.497 e. The highest BCUT2D eigenvalue weighted by Crippen LogP contribution is 2.60. The van der Waals surface area contributed by atoms with Gasteiger partial charge < -0.3 is 9.72 Å². The first-order chi connectivity index (χ1) is 16.7. The number of aromatic amines is 1. The first-order valence-electron chi connectivity index (χ1n) is 12.5. The SMILES string of the molecule is COc1ccc(N2C(=O)C3c4[nH]c5cc(Cl)ccc5c4C4CCC(C(C)(C)C)CC4C3C2=O)cc1. The van der Waals surface area contributed by atoms with Gasteiger partial charge in [0.2, 0.25) is 11.8 Å². The fourth-order valence-corrected chi connectivity index (χ4v) is 7.19. The van der Waals surface area contributed by atoms with E-state index in [1.807, 2.05) is 12.1 Å². The summed E-state index contributed by atoms with van der Waals surface area (Å²) in [6.45, 7) is 6.88. The molecule has 35 heavy (non-hydrogen) atoms. The van der Waals surface area contributed by atoms with Crippen LogP contribution in [0, 0.1) is 23.2 Å². The number of hydrogen-bond donors (Lipinski definition) is 1. The second kappa shape index (κ2) is 7.86. The Hall–Kier alpha value is -2.79. The van der Waals surface area contributed by atoms with Crippen LogP contribution in [0.15, 0.2) is 42.5 Å². The van der Waals surface area contributed by atoms with Crippen LogP contribution in [-0.2, 0) is 9.59 Å². The van der Waals surface area contributed by atoms with Gasteiger partial charge in [0.1, 0.15) is 5.75 Å². The van der Waals surface area contributed by atoms with Gasteiger partial charge in [-0.05, 0) is 84.4 Å². The van der Waals surface area contributed by atoms with Crippen LogP contribution in [0.2, 0.25) is 5.02 Å². The molecule has 6 rings (SSSR count). The summed E-state index contributed by atoms with van der Waals surface area (Å²) in [7, 11) is 1.61. The third-order valence-electron chi connectivity index (χ3n) is 8.78. The average molecular weight is 491 g/mol. The number of ether oxygens (including phenoxy) is 1. The van der Waals surface area contributed by atoms with Crippen LogP contribution in [0.4, 0.5) is 5.69 Å². The number of fused-ring (bicyclic) bond motifs is 8. The lowest BCUT2D eigenvalue weighted by Gasteiger charge is -2.47. The summed E-state index contributed by atoms with van der Waals surface area (Å²) in [5, 5.41) is 1.80. The predicted molar refractivity (Wildman–Crippen MR) is 138 cm³/mol. The van der Waals surface area contributed by atoms with E-state index in [1.54, 1.807) is 31.4 Å². The van der Waals surface area contributed by atoms with Gasteiger partial charge in [-0.1, -0.05) is 38.4 Å². The summed E-state index contributed by atoms with van der Waals surface area (Å²) in [5.41, 5.74) is 3.86. The molecule has 1 aromatic heterocycles. The Balaban J connectivity index is 1.51. The number of hydrogen-bond acceptors (Lipinski definition) is 3. The number of aromatic nitrogens is 1. The number of anilines is 1. The van der Waals surface area contributed by atoms with E-state index < -0.39 is 5.92 Å². The molecule has 0 spiro atoms. The summed E-state index contributed by atoms with van der Waals surface area (Å²) >= 11 is 6.32. The standard InChI is InChI=1S/C29H31ClN2O3/c1-29(2,3)15-5-11-19-21(13-15)24-25(26-23(19)20-12-6-16(30)14-22(20)31-26)28(34)32(27(24)33)17-7-9-18(35-4)10-8-17/h6-10,12,14-15,19,21,24-25,31H,5,11,13H2,1-4H3. The highest BCUT2D eigenvalue weighted by Gasteiger charge is 2.59. The molecular weight excluding hydrogens is 460 g/mol. The molecule has 5 unspecified atom stereocenters. The lowest BCUT2D eigenvalue weighted by molar-refractivity contribution is -0.123. The lowest BCUT2D eigenvalue weighted by Crippen LogP contribution is -2.41. The Bertz CT molecular complexity index is 1340. The van der Waals surface area contributed by atoms with Crippen molar-refractivity contribution in [1.82, 2.24) is 4.98 Å². The van der Waals surface area contributed by atoms with E-state index in [4.69, 9.17) is 16.3 Å². The number of methoxy groups -OCH3 is 1. The Morgan fingerprint density at radius 3 is 2.46 bits per heavy atom. The number of carbonyl (C=O) groups is 2. The zero-order chi connectivity index (χ0) is 24.6. The van der Waals surface area contributed by atoms with Crippen molar-refractivity contribution in [2.75, 3.05) is 12.0 Å². The predicted octanol–water partition coefficient (Wildman–Crippen LogP) is 6.66. The van der Waals surface area contributed by atoms with E-state index in [2.05, 4.69) is 31.8 Å². The molecular formula is C29H31ClN2O3. The van der Waals surface area contributed by atoms with Crippen molar-refractivity contribution >= 4 is 40.0 Å². The molecule has 1 saturated heterocycles. The molecule has 5 nitrogen and oxygen atoms in total. The molecule has 2 fully saturated rings. The lowest BCUT2D eigenvalue weighted by atomic mass is 9.56. The molecule has 182 valence electrons. The van der Waals surface area contributed by atoms with E-state index in [9.17, 15) is 9.59 Å². The quantitative estimate of drug-likeness (QED) is 0.408. The van der Waals surface area contributed by atoms with Gasteiger partial charge in [-0.3, -0.25) is 9.59 Å². The fourth-order valence-electron chi connectivity index (χ4n) is 7.02. The second-order valence-electron chi connectivity index (χ2n) is 11.5. The van der Waals surface area contributed by atoms with Gasteiger partial charge in [0.25, 0.3) is 0 Å². The minimum atomic E-state index is -0.495. The molecule has 0 radical (unpaired) electrons. The van der Waals surface area contributed by atoms with Gasteiger partial charge >= 0.3 is 0 Å². The molecule has 6 heteroatoms. The number of imide groups is 1. The smallest absolute Gasteiger partial charge is 0.243 e. The molecule has 2 amide bonds. The normalized spacial score (nSPS) is 28.1. The first-order valence-corrected chi connectivity index (χ1v) is 12.9. The van der Waals surface area contributed by atoms with Gasteiger partial charge in [0.15, 0.2) is 0 Å². The average Bonchev–Trinajstić information content (AvgIpc) is 3.32. The topological polar surface area (TPSA) is 62.4 Å². The van der Waals surface area contributed by atoms with E-state index >= 15 is 0 Å². The number of benzene rings is 2. The first kappa shape index (κ1) is 22.7. The van der Waals surface area contributed by atoms with Crippen molar-refractivity contribution < 1.29 is 14.3 Å². The van der Waals surface area contributed by atoms with Crippen LogP contribution in [-0.4, -0.2) is 23.9 Å². The fraction of sp³-hybridized carbons (Fsp3) is 0.448. The van der Waals surface area contributed by atoms with Gasteiger partial charge in [0.05, 0.1) is 24.6 Å². The molecule has 1 aliphatic heterocycles. The summed E-state index contributed by atoms with van der Waals surface area (Å²) < 4.78 is 5.28. The molecule has 2 aromatic carbocycles. The van der Waals surface area contributed by atoms with Crippen LogP contribution in [0.25, 0.3) is 10.9 Å². The Morgan fingerprint density at radius 2 is 1.77 bits per heavy atom. The summed E-state index contributed by atoms with van der Waals surface area (Å²) in [5.74, 6) is 0.551. The zero-order valence-electron chi connectivity index (χ0n) is 20.6. The number of amides is 2. The van der Waals surface area contributed by atoms with Crippen LogP contribution in [0.3, 0.4) is 0 Å². The number of rotatable bonds is 2. The minimum Gasteiger partial charge on any atom is -0.497 e. The van der Waals surface area contributed by atoms with Crippen LogP contribution >= 0.6 is 11.6 Å². The van der Waals surface area contributed by atoms with Crippen LogP contribution in [0.1, 0.15) is 63.1 Å². The number of H-pyrrole nitrogens is 1. The highest BCUT2D eigenvalue weighted by atomic mass is 35.5. The monoisotopic (exact) mass is 490 g/mol.